The monoisotopic (exact) mass is 158 g/mol. The third-order valence-corrected chi connectivity index (χ3v) is 1.73. The van der Waals surface area contributed by atoms with Crippen molar-refractivity contribution >= 4 is 6.29 Å². The number of unbranched alkanes of at least 4 members (excludes halogenated alkanes) is 1. The second kappa shape index (κ2) is 7.69. The van der Waals surface area contributed by atoms with Crippen LogP contribution in [0.25, 0.3) is 0 Å². The zero-order valence-electron chi connectivity index (χ0n) is 7.39. The lowest BCUT2D eigenvalue weighted by Crippen LogP contribution is -2.26. The summed E-state index contributed by atoms with van der Waals surface area (Å²) in [6.45, 7) is 1.04. The first-order chi connectivity index (χ1) is 5.35. The molecular weight excluding hydrogens is 140 g/mol. The lowest BCUT2D eigenvalue weighted by Gasteiger charge is -2.07. The van der Waals surface area contributed by atoms with E-state index < -0.39 is 0 Å². The second-order valence-electron chi connectivity index (χ2n) is 2.63. The van der Waals surface area contributed by atoms with Gasteiger partial charge in [0, 0.05) is 0 Å². The van der Waals surface area contributed by atoms with Crippen molar-refractivity contribution in [1.82, 2.24) is 10.6 Å². The molecular formula is C8H18N2O. The van der Waals surface area contributed by atoms with Crippen LogP contribution in [0.5, 0.6) is 0 Å². The van der Waals surface area contributed by atoms with Gasteiger partial charge in [-0.25, -0.2) is 0 Å². The molecule has 66 valence electrons. The highest BCUT2D eigenvalue weighted by atomic mass is 16.1. The maximum absolute atomic E-state index is 10.3. The molecule has 0 spiro atoms. The summed E-state index contributed by atoms with van der Waals surface area (Å²) in [6, 6.07) is 0.0480. The van der Waals surface area contributed by atoms with Crippen molar-refractivity contribution in [2.45, 2.75) is 25.3 Å². The molecule has 2 N–H and O–H groups in total. The molecule has 0 rings (SSSR count). The highest BCUT2D eigenvalue weighted by molar-refractivity contribution is 5.57. The highest BCUT2D eigenvalue weighted by Gasteiger charge is 2.01. The van der Waals surface area contributed by atoms with Crippen LogP contribution in [0.4, 0.5) is 0 Å². The van der Waals surface area contributed by atoms with Crippen LogP contribution in [0.3, 0.4) is 0 Å². The van der Waals surface area contributed by atoms with Gasteiger partial charge in [0.15, 0.2) is 0 Å². The van der Waals surface area contributed by atoms with Gasteiger partial charge in [0.05, 0.1) is 6.04 Å². The molecule has 3 heteroatoms. The van der Waals surface area contributed by atoms with E-state index in [2.05, 4.69) is 10.6 Å². The second-order valence-corrected chi connectivity index (χ2v) is 2.63. The van der Waals surface area contributed by atoms with Crippen molar-refractivity contribution < 1.29 is 4.79 Å². The minimum atomic E-state index is 0.0480. The molecule has 0 aliphatic heterocycles. The molecule has 0 heterocycles. The fraction of sp³-hybridized carbons (Fsp3) is 0.875. The Morgan fingerprint density at radius 1 is 1.36 bits per heavy atom. The van der Waals surface area contributed by atoms with E-state index >= 15 is 0 Å². The largest absolute Gasteiger partial charge is 0.320 e. The third kappa shape index (κ3) is 6.01. The third-order valence-electron chi connectivity index (χ3n) is 1.73. The fourth-order valence-corrected chi connectivity index (χ4v) is 0.946. The van der Waals surface area contributed by atoms with E-state index in [1.54, 1.807) is 0 Å². The molecule has 11 heavy (non-hydrogen) atoms. The summed E-state index contributed by atoms with van der Waals surface area (Å²) < 4.78 is 0. The molecule has 0 aliphatic carbocycles. The molecule has 0 fully saturated rings. The molecule has 0 aromatic rings. The summed E-state index contributed by atoms with van der Waals surface area (Å²) in [6.07, 6.45) is 4.16. The maximum atomic E-state index is 10.3. The van der Waals surface area contributed by atoms with Crippen molar-refractivity contribution in [2.75, 3.05) is 20.6 Å². The van der Waals surface area contributed by atoms with Crippen LogP contribution < -0.4 is 10.6 Å². The molecule has 0 aromatic heterocycles. The fourth-order valence-electron chi connectivity index (χ4n) is 0.946. The van der Waals surface area contributed by atoms with Crippen LogP contribution in [-0.2, 0) is 4.79 Å². The summed E-state index contributed by atoms with van der Waals surface area (Å²) in [7, 11) is 3.76. The van der Waals surface area contributed by atoms with Crippen LogP contribution in [0.2, 0.25) is 0 Å². The molecule has 0 saturated heterocycles. The Kier molecular flexibility index (Phi) is 7.41. The van der Waals surface area contributed by atoms with E-state index in [0.717, 1.165) is 32.1 Å². The predicted octanol–water partition coefficient (Wildman–Crippen LogP) is 0.163. The van der Waals surface area contributed by atoms with Gasteiger partial charge in [0.25, 0.3) is 0 Å². The van der Waals surface area contributed by atoms with E-state index in [0.29, 0.717) is 0 Å². The minimum Gasteiger partial charge on any atom is -0.320 e. The summed E-state index contributed by atoms with van der Waals surface area (Å²) in [5.74, 6) is 0. The summed E-state index contributed by atoms with van der Waals surface area (Å²) in [4.78, 5) is 10.3. The topological polar surface area (TPSA) is 41.1 Å². The van der Waals surface area contributed by atoms with E-state index in [-0.39, 0.29) is 6.04 Å². The first kappa shape index (κ1) is 10.6. The molecule has 0 amide bonds. The molecule has 0 saturated carbocycles. The Bertz CT molecular complexity index is 96.1. The van der Waals surface area contributed by atoms with Crippen molar-refractivity contribution in [3.8, 4) is 0 Å². The molecule has 3 nitrogen and oxygen atoms in total. The predicted molar refractivity (Wildman–Crippen MR) is 46.7 cm³/mol. The molecule has 1 atom stereocenters. The average Bonchev–Trinajstić information content (AvgIpc) is 2.05. The lowest BCUT2D eigenvalue weighted by molar-refractivity contribution is -0.109. The Hall–Kier alpha value is -0.410. The van der Waals surface area contributed by atoms with Gasteiger partial charge < -0.3 is 15.4 Å². The van der Waals surface area contributed by atoms with Crippen molar-refractivity contribution in [2.24, 2.45) is 0 Å². The number of nitrogens with one attached hydrogen (secondary N) is 2. The van der Waals surface area contributed by atoms with Gasteiger partial charge in [0.1, 0.15) is 6.29 Å². The number of hydrogen-bond acceptors (Lipinski definition) is 3. The highest BCUT2D eigenvalue weighted by Crippen LogP contribution is 1.97. The standard InChI is InChI=1S/C8H18N2O/c1-9-6-4-3-5-8(7-11)10-2/h7-10H,3-6H2,1-2H3. The van der Waals surface area contributed by atoms with Crippen LogP contribution in [0.15, 0.2) is 0 Å². The number of hydrogen-bond donors (Lipinski definition) is 2. The van der Waals surface area contributed by atoms with Gasteiger partial charge in [-0.2, -0.15) is 0 Å². The normalized spacial score (nSPS) is 12.9. The molecule has 1 unspecified atom stereocenters. The molecule has 0 aliphatic rings. The average molecular weight is 158 g/mol. The van der Waals surface area contributed by atoms with Gasteiger partial charge in [0.2, 0.25) is 0 Å². The van der Waals surface area contributed by atoms with Crippen molar-refractivity contribution in [3.05, 3.63) is 0 Å². The van der Waals surface area contributed by atoms with Crippen molar-refractivity contribution in [3.63, 3.8) is 0 Å². The molecule has 0 bridgehead atoms. The quantitative estimate of drug-likeness (QED) is 0.410. The number of carbonyl (C=O) groups excluding carboxylic acids is 1. The smallest absolute Gasteiger partial charge is 0.136 e. The summed E-state index contributed by atoms with van der Waals surface area (Å²) >= 11 is 0. The first-order valence-corrected chi connectivity index (χ1v) is 4.12. The summed E-state index contributed by atoms with van der Waals surface area (Å²) in [5, 5.41) is 6.01. The molecule has 0 aromatic carbocycles. The van der Waals surface area contributed by atoms with E-state index in [1.165, 1.54) is 0 Å². The van der Waals surface area contributed by atoms with Crippen LogP contribution in [0.1, 0.15) is 19.3 Å². The van der Waals surface area contributed by atoms with Crippen LogP contribution >= 0.6 is 0 Å². The van der Waals surface area contributed by atoms with Gasteiger partial charge in [-0.1, -0.05) is 6.42 Å². The Morgan fingerprint density at radius 3 is 2.55 bits per heavy atom. The zero-order valence-corrected chi connectivity index (χ0v) is 7.39. The van der Waals surface area contributed by atoms with Crippen LogP contribution in [0, 0.1) is 0 Å². The number of likely N-dealkylation sites (N-methyl/N-ethyl adjacent to an activating group) is 1. The maximum Gasteiger partial charge on any atom is 0.136 e. The Morgan fingerprint density at radius 2 is 2.09 bits per heavy atom. The minimum absolute atomic E-state index is 0.0480. The van der Waals surface area contributed by atoms with Crippen molar-refractivity contribution in [1.29, 1.82) is 0 Å². The summed E-state index contributed by atoms with van der Waals surface area (Å²) in [5.41, 5.74) is 0. The van der Waals surface area contributed by atoms with E-state index in [9.17, 15) is 4.79 Å². The molecule has 0 radical (unpaired) electrons. The van der Waals surface area contributed by atoms with Crippen LogP contribution in [-0.4, -0.2) is 33.0 Å². The van der Waals surface area contributed by atoms with E-state index in [4.69, 9.17) is 0 Å². The SMILES string of the molecule is CNCCCCC(C=O)NC. The zero-order chi connectivity index (χ0) is 8.53. The Labute approximate surface area is 68.6 Å². The number of rotatable bonds is 7. The first-order valence-electron chi connectivity index (χ1n) is 4.12. The van der Waals surface area contributed by atoms with Gasteiger partial charge in [-0.3, -0.25) is 0 Å². The Balaban J connectivity index is 3.14. The van der Waals surface area contributed by atoms with Gasteiger partial charge in [-0.15, -0.1) is 0 Å². The van der Waals surface area contributed by atoms with E-state index in [1.807, 2.05) is 14.1 Å². The lowest BCUT2D eigenvalue weighted by atomic mass is 10.1. The van der Waals surface area contributed by atoms with Gasteiger partial charge in [-0.05, 0) is 33.5 Å². The number of carbonyl (C=O) groups is 1. The number of aldehydes is 1. The van der Waals surface area contributed by atoms with Gasteiger partial charge >= 0.3 is 0 Å².